The van der Waals surface area contributed by atoms with Gasteiger partial charge in [-0.25, -0.2) is 13.4 Å². The Morgan fingerprint density at radius 3 is 2.61 bits per heavy atom. The summed E-state index contributed by atoms with van der Waals surface area (Å²) in [5.74, 6) is -2.28. The minimum absolute atomic E-state index is 0.0119. The van der Waals surface area contributed by atoms with Gasteiger partial charge in [0, 0.05) is 24.4 Å². The second kappa shape index (κ2) is 13.5. The standard InChI is InChI=1S/C37H45N3O8S/c1-2-26-20-37(26,36(44)39-49(45,46)28-12-13-28)21-32(41)31-18-27-22-40(31)35(43)30(24-8-6-9-24)19-33(42)47-16-5-3-4-7-23-10-11-25-14-15-38-34(48-27)29(25)17-23/h2,10-11,14-15,17,24,26-28,30-31H,1,3-9,12-13,16,18-22H2,(H,39,44)/t26-,27+,30-,31-,37+/m0/s1. The lowest BCUT2D eigenvalue weighted by atomic mass is 9.73. The van der Waals surface area contributed by atoms with Crippen molar-refractivity contribution in [3.63, 3.8) is 0 Å². The number of aromatic nitrogens is 1. The Balaban J connectivity index is 1.19. The number of ketones is 1. The highest BCUT2D eigenvalue weighted by atomic mass is 32.2. The molecule has 5 aliphatic rings. The zero-order valence-corrected chi connectivity index (χ0v) is 28.6. The predicted molar refractivity (Wildman–Crippen MR) is 181 cm³/mol. The van der Waals surface area contributed by atoms with Crippen molar-refractivity contribution in [2.75, 3.05) is 13.2 Å². The summed E-state index contributed by atoms with van der Waals surface area (Å²) in [7, 11) is -3.82. The minimum Gasteiger partial charge on any atom is -0.472 e. The number of hydrogen-bond donors (Lipinski definition) is 1. The average Bonchev–Trinajstić information content (AvgIpc) is 3.98. The fraction of sp³-hybridized carbons (Fsp3) is 0.595. The van der Waals surface area contributed by atoms with E-state index < -0.39 is 50.6 Å². The van der Waals surface area contributed by atoms with E-state index in [1.807, 2.05) is 12.1 Å². The van der Waals surface area contributed by atoms with Crippen LogP contribution in [-0.2, 0) is 40.4 Å². The molecular formula is C37H45N3O8S. The maximum atomic E-state index is 14.4. The van der Waals surface area contributed by atoms with Crippen LogP contribution in [-0.4, -0.2) is 72.4 Å². The molecule has 262 valence electrons. The highest BCUT2D eigenvalue weighted by Gasteiger charge is 2.61. The first-order valence-electron chi connectivity index (χ1n) is 17.8. The van der Waals surface area contributed by atoms with Gasteiger partial charge in [0.25, 0.3) is 0 Å². The van der Waals surface area contributed by atoms with E-state index in [9.17, 15) is 27.6 Å². The number of ether oxygens (including phenoxy) is 2. The van der Waals surface area contributed by atoms with Crippen LogP contribution in [0.2, 0.25) is 0 Å². The summed E-state index contributed by atoms with van der Waals surface area (Å²) in [6, 6.07) is 7.21. The number of nitrogens with one attached hydrogen (secondary N) is 1. The van der Waals surface area contributed by atoms with Crippen LogP contribution < -0.4 is 9.46 Å². The number of esters is 1. The predicted octanol–water partition coefficient (Wildman–Crippen LogP) is 4.42. The Morgan fingerprint density at radius 2 is 1.90 bits per heavy atom. The van der Waals surface area contributed by atoms with Crippen LogP contribution in [0.15, 0.2) is 43.1 Å². The molecule has 4 fully saturated rings. The molecular weight excluding hydrogens is 646 g/mol. The van der Waals surface area contributed by atoms with Gasteiger partial charge in [0.15, 0.2) is 5.78 Å². The SMILES string of the molecule is C=C[C@H]1C[C@]1(CC(=O)[C@@H]1C[C@@H]2CN1C(=O)[C@H](C1CCC1)CC(=O)OCCCCCc1ccc3ccnc(c3c1)O2)C(=O)NS(=O)(=O)C1CC1. The van der Waals surface area contributed by atoms with Gasteiger partial charge in [0.2, 0.25) is 27.7 Å². The highest BCUT2D eigenvalue weighted by Crippen LogP contribution is 2.57. The van der Waals surface area contributed by atoms with Gasteiger partial charge in [-0.15, -0.1) is 6.58 Å². The summed E-state index contributed by atoms with van der Waals surface area (Å²) in [6.45, 7) is 4.23. The van der Waals surface area contributed by atoms with E-state index in [1.54, 1.807) is 17.2 Å². The zero-order valence-electron chi connectivity index (χ0n) is 27.8. The fourth-order valence-corrected chi connectivity index (χ4v) is 9.26. The number of nitrogens with zero attached hydrogens (tertiary/aromatic N) is 2. The number of aryl methyl sites for hydroxylation is 1. The average molecular weight is 692 g/mol. The maximum absolute atomic E-state index is 14.4. The van der Waals surface area contributed by atoms with E-state index in [0.717, 1.165) is 61.3 Å². The van der Waals surface area contributed by atoms with Crippen molar-refractivity contribution in [2.24, 2.45) is 23.2 Å². The van der Waals surface area contributed by atoms with E-state index in [2.05, 4.69) is 28.4 Å². The number of pyridine rings is 1. The monoisotopic (exact) mass is 691 g/mol. The molecule has 1 aromatic heterocycles. The van der Waals surface area contributed by atoms with E-state index >= 15 is 0 Å². The molecule has 1 N–H and O–H groups in total. The van der Waals surface area contributed by atoms with Crippen molar-refractivity contribution in [3.8, 4) is 5.88 Å². The van der Waals surface area contributed by atoms with Crippen molar-refractivity contribution in [2.45, 2.75) is 101 Å². The summed E-state index contributed by atoms with van der Waals surface area (Å²) in [5.41, 5.74) is -0.109. The lowest BCUT2D eigenvalue weighted by molar-refractivity contribution is -0.152. The van der Waals surface area contributed by atoms with Crippen molar-refractivity contribution in [1.29, 1.82) is 0 Å². The van der Waals surface area contributed by atoms with Gasteiger partial charge >= 0.3 is 5.97 Å². The first-order valence-corrected chi connectivity index (χ1v) is 19.3. The smallest absolute Gasteiger partial charge is 0.306 e. The Hall–Kier alpha value is -3.80. The molecule has 4 bridgehead atoms. The molecule has 12 heteroatoms. The first kappa shape index (κ1) is 33.7. The van der Waals surface area contributed by atoms with E-state index in [0.29, 0.717) is 31.7 Å². The van der Waals surface area contributed by atoms with Crippen LogP contribution in [0.5, 0.6) is 5.88 Å². The molecule has 7 rings (SSSR count). The molecule has 49 heavy (non-hydrogen) atoms. The molecule has 5 atom stereocenters. The number of carbonyl (C=O) groups is 4. The van der Waals surface area contributed by atoms with E-state index in [-0.39, 0.29) is 49.3 Å². The molecule has 1 saturated heterocycles. The molecule has 3 saturated carbocycles. The number of allylic oxidation sites excluding steroid dienone is 1. The van der Waals surface area contributed by atoms with Gasteiger partial charge in [-0.1, -0.05) is 24.6 Å². The Bertz CT molecular complexity index is 1770. The third-order valence-corrected chi connectivity index (χ3v) is 13.2. The summed E-state index contributed by atoms with van der Waals surface area (Å²) >= 11 is 0. The van der Waals surface area contributed by atoms with Crippen molar-refractivity contribution in [3.05, 3.63) is 48.7 Å². The number of hydrogen-bond acceptors (Lipinski definition) is 9. The molecule has 3 aliphatic carbocycles. The number of rotatable bonds is 8. The van der Waals surface area contributed by atoms with Gasteiger partial charge in [0.05, 0.1) is 42.2 Å². The summed E-state index contributed by atoms with van der Waals surface area (Å²) < 4.78 is 39.7. The second-order valence-electron chi connectivity index (χ2n) is 14.7. The third-order valence-electron chi connectivity index (χ3n) is 11.3. The minimum atomic E-state index is -3.82. The lowest BCUT2D eigenvalue weighted by Crippen LogP contribution is -2.48. The Kier molecular flexibility index (Phi) is 9.27. The van der Waals surface area contributed by atoms with Crippen LogP contribution in [0.3, 0.4) is 0 Å². The fourth-order valence-electron chi connectivity index (χ4n) is 7.88. The molecule has 2 amide bonds. The van der Waals surface area contributed by atoms with Crippen LogP contribution in [0.4, 0.5) is 0 Å². The molecule has 0 spiro atoms. The van der Waals surface area contributed by atoms with Crippen molar-refractivity contribution >= 4 is 44.4 Å². The Morgan fingerprint density at radius 1 is 1.08 bits per heavy atom. The first-order chi connectivity index (χ1) is 23.6. The summed E-state index contributed by atoms with van der Waals surface area (Å²) in [4.78, 5) is 61.4. The number of fused-ring (bicyclic) bond motifs is 3. The third kappa shape index (κ3) is 6.98. The van der Waals surface area contributed by atoms with Crippen molar-refractivity contribution in [1.82, 2.24) is 14.6 Å². The van der Waals surface area contributed by atoms with Gasteiger partial charge in [-0.2, -0.15) is 0 Å². The highest BCUT2D eigenvalue weighted by molar-refractivity contribution is 7.90. The number of carbonyl (C=O) groups excluding carboxylic acids is 4. The quantitative estimate of drug-likeness (QED) is 0.314. The number of amides is 2. The zero-order chi connectivity index (χ0) is 34.3. The molecule has 0 unspecified atom stereocenters. The largest absolute Gasteiger partial charge is 0.472 e. The van der Waals surface area contributed by atoms with Crippen molar-refractivity contribution < 1.29 is 37.1 Å². The van der Waals surface area contributed by atoms with Crippen LogP contribution in [0.1, 0.15) is 82.6 Å². The Labute approximate surface area is 287 Å². The van der Waals surface area contributed by atoms with Gasteiger partial charge in [0.1, 0.15) is 6.10 Å². The number of cyclic esters (lactones) is 1. The number of sulfonamides is 1. The number of Topliss-reactive ketones (excluding diaryl/α,β-unsaturated/α-hetero) is 1. The van der Waals surface area contributed by atoms with Crippen LogP contribution in [0, 0.1) is 23.2 Å². The molecule has 11 nitrogen and oxygen atoms in total. The van der Waals surface area contributed by atoms with Crippen LogP contribution in [0.25, 0.3) is 10.8 Å². The molecule has 1 aromatic carbocycles. The van der Waals surface area contributed by atoms with Gasteiger partial charge < -0.3 is 14.4 Å². The number of benzene rings is 1. The molecule has 2 aliphatic heterocycles. The van der Waals surface area contributed by atoms with Crippen LogP contribution >= 0.6 is 0 Å². The normalized spacial score (nSPS) is 29.7. The van der Waals surface area contributed by atoms with E-state index in [1.165, 1.54) is 0 Å². The molecule has 2 aromatic rings. The second-order valence-corrected chi connectivity index (χ2v) is 16.7. The molecule has 3 heterocycles. The lowest BCUT2D eigenvalue weighted by Gasteiger charge is -2.36. The van der Waals surface area contributed by atoms with E-state index in [4.69, 9.17) is 9.47 Å². The maximum Gasteiger partial charge on any atom is 0.306 e. The van der Waals surface area contributed by atoms with Gasteiger partial charge in [-0.3, -0.25) is 23.9 Å². The molecule has 0 radical (unpaired) electrons. The summed E-state index contributed by atoms with van der Waals surface area (Å²) in [5, 5.41) is 1.24. The summed E-state index contributed by atoms with van der Waals surface area (Å²) in [6.07, 6.45) is 9.92. The topological polar surface area (TPSA) is 149 Å². The van der Waals surface area contributed by atoms with Gasteiger partial charge in [-0.05, 0) is 92.7 Å².